The van der Waals surface area contributed by atoms with Crippen molar-refractivity contribution in [1.82, 2.24) is 0 Å². The summed E-state index contributed by atoms with van der Waals surface area (Å²) in [4.78, 5) is 0. The second-order valence-electron chi connectivity index (χ2n) is 9.91. The third kappa shape index (κ3) is 3.57. The maximum absolute atomic E-state index is 10.2. The minimum Gasteiger partial charge on any atom is -0.391 e. The molecule has 0 aliphatic carbocycles. The van der Waals surface area contributed by atoms with Crippen LogP contribution in [-0.4, -0.2) is 23.4 Å². The van der Waals surface area contributed by atoms with Gasteiger partial charge in [-0.1, -0.05) is 62.3 Å². The van der Waals surface area contributed by atoms with Crippen LogP contribution in [0.15, 0.2) is 0 Å². The van der Waals surface area contributed by atoms with Crippen LogP contribution in [0.1, 0.15) is 69.2 Å². The van der Waals surface area contributed by atoms with E-state index in [0.29, 0.717) is 11.8 Å². The summed E-state index contributed by atoms with van der Waals surface area (Å²) in [5.74, 6) is 0.814. The van der Waals surface area contributed by atoms with Gasteiger partial charge in [0.2, 0.25) is 0 Å². The Morgan fingerprint density at radius 2 is 1.15 bits per heavy atom. The maximum atomic E-state index is 10.2. The van der Waals surface area contributed by atoms with E-state index in [-0.39, 0.29) is 28.5 Å². The van der Waals surface area contributed by atoms with E-state index in [1.165, 1.54) is 0 Å². The third-order valence-electron chi connectivity index (χ3n) is 4.70. The van der Waals surface area contributed by atoms with Crippen molar-refractivity contribution in [2.24, 2.45) is 28.1 Å². The van der Waals surface area contributed by atoms with Gasteiger partial charge in [0.1, 0.15) is 0 Å². The SMILES string of the molecule is C[C@H](O)[C@H]1O[C@@H](C(C)(C)C)[C@@H](C(C)(C)C)C1C(C)(C)C. The van der Waals surface area contributed by atoms with Gasteiger partial charge in [-0.25, -0.2) is 0 Å². The number of aliphatic hydroxyl groups is 1. The van der Waals surface area contributed by atoms with Gasteiger partial charge < -0.3 is 9.84 Å². The van der Waals surface area contributed by atoms with Gasteiger partial charge >= 0.3 is 0 Å². The molecule has 2 nitrogen and oxygen atoms in total. The van der Waals surface area contributed by atoms with Crippen molar-refractivity contribution < 1.29 is 9.84 Å². The third-order valence-corrected chi connectivity index (χ3v) is 4.70. The Bertz CT molecular complexity index is 325. The smallest absolute Gasteiger partial charge is 0.0872 e. The van der Waals surface area contributed by atoms with Crippen molar-refractivity contribution in [1.29, 1.82) is 0 Å². The summed E-state index contributed by atoms with van der Waals surface area (Å²) in [6.07, 6.45) is -0.300. The summed E-state index contributed by atoms with van der Waals surface area (Å²) in [5, 5.41) is 10.2. The zero-order valence-corrected chi connectivity index (χ0v) is 15.2. The molecule has 0 aromatic rings. The molecule has 120 valence electrons. The molecule has 1 N–H and O–H groups in total. The zero-order valence-electron chi connectivity index (χ0n) is 15.2. The lowest BCUT2D eigenvalue weighted by Crippen LogP contribution is -2.45. The van der Waals surface area contributed by atoms with Crippen molar-refractivity contribution in [3.05, 3.63) is 0 Å². The summed E-state index contributed by atoms with van der Waals surface area (Å²) in [7, 11) is 0. The van der Waals surface area contributed by atoms with Gasteiger partial charge in [0.25, 0.3) is 0 Å². The number of hydrogen-bond acceptors (Lipinski definition) is 2. The van der Waals surface area contributed by atoms with E-state index in [0.717, 1.165) is 0 Å². The standard InChI is InChI=1S/C18H36O2/c1-11(19)14-12(16(2,3)4)13(17(5,6)7)15(20-14)18(8,9)10/h11-15,19H,1-10H3/t11-,12?,13-,14+,15+/m0/s1. The molecule has 1 rings (SSSR count). The highest BCUT2D eigenvalue weighted by Gasteiger charge is 2.57. The Morgan fingerprint density at radius 1 is 0.750 bits per heavy atom. The number of rotatable bonds is 1. The molecule has 5 atom stereocenters. The lowest BCUT2D eigenvalue weighted by molar-refractivity contribution is -0.0833. The highest BCUT2D eigenvalue weighted by atomic mass is 16.5. The second-order valence-corrected chi connectivity index (χ2v) is 9.91. The van der Waals surface area contributed by atoms with Crippen molar-refractivity contribution in [3.8, 4) is 0 Å². The number of aliphatic hydroxyl groups excluding tert-OH is 1. The van der Waals surface area contributed by atoms with Crippen LogP contribution < -0.4 is 0 Å². The molecule has 0 amide bonds. The van der Waals surface area contributed by atoms with Gasteiger partial charge in [-0.05, 0) is 35.0 Å². The van der Waals surface area contributed by atoms with Crippen molar-refractivity contribution in [2.75, 3.05) is 0 Å². The average molecular weight is 284 g/mol. The lowest BCUT2D eigenvalue weighted by Gasteiger charge is -2.44. The fraction of sp³-hybridized carbons (Fsp3) is 1.00. The summed E-state index contributed by atoms with van der Waals surface area (Å²) in [6, 6.07) is 0. The molecule has 1 saturated heterocycles. The first-order valence-corrected chi connectivity index (χ1v) is 8.01. The molecule has 20 heavy (non-hydrogen) atoms. The molecule has 1 aliphatic rings. The molecule has 1 unspecified atom stereocenters. The molecule has 0 saturated carbocycles. The maximum Gasteiger partial charge on any atom is 0.0872 e. The lowest BCUT2D eigenvalue weighted by atomic mass is 9.59. The van der Waals surface area contributed by atoms with Gasteiger partial charge in [0.15, 0.2) is 0 Å². The summed E-state index contributed by atoms with van der Waals surface area (Å²) in [6.45, 7) is 22.4. The largest absolute Gasteiger partial charge is 0.391 e. The average Bonchev–Trinajstić information content (AvgIpc) is 2.54. The molecular weight excluding hydrogens is 248 g/mol. The first-order chi connectivity index (χ1) is 8.67. The molecular formula is C18H36O2. The zero-order chi connectivity index (χ0) is 16.1. The fourth-order valence-electron chi connectivity index (χ4n) is 3.91. The Balaban J connectivity index is 3.33. The molecule has 1 heterocycles. The van der Waals surface area contributed by atoms with Gasteiger partial charge in [0, 0.05) is 0 Å². The Hall–Kier alpha value is -0.0800. The van der Waals surface area contributed by atoms with Crippen LogP contribution in [0.2, 0.25) is 0 Å². The number of hydrogen-bond donors (Lipinski definition) is 1. The summed E-state index contributed by atoms with van der Waals surface area (Å²) in [5.41, 5.74) is 0.379. The van der Waals surface area contributed by atoms with E-state index in [1.807, 2.05) is 6.92 Å². The predicted molar refractivity (Wildman–Crippen MR) is 85.7 cm³/mol. The van der Waals surface area contributed by atoms with Crippen LogP contribution in [0.3, 0.4) is 0 Å². The monoisotopic (exact) mass is 284 g/mol. The van der Waals surface area contributed by atoms with Crippen LogP contribution >= 0.6 is 0 Å². The van der Waals surface area contributed by atoms with Crippen LogP contribution in [0.25, 0.3) is 0 Å². The first kappa shape index (κ1) is 18.0. The van der Waals surface area contributed by atoms with Crippen LogP contribution in [0, 0.1) is 28.1 Å². The first-order valence-electron chi connectivity index (χ1n) is 8.01. The highest BCUT2D eigenvalue weighted by molar-refractivity contribution is 5.04. The fourth-order valence-corrected chi connectivity index (χ4v) is 3.91. The molecule has 0 aromatic carbocycles. The predicted octanol–water partition coefficient (Wildman–Crippen LogP) is 4.51. The van der Waals surface area contributed by atoms with E-state index in [9.17, 15) is 5.11 Å². The van der Waals surface area contributed by atoms with Gasteiger partial charge in [0.05, 0.1) is 18.3 Å². The molecule has 2 heteroatoms. The summed E-state index contributed by atoms with van der Waals surface area (Å²) >= 11 is 0. The van der Waals surface area contributed by atoms with Crippen molar-refractivity contribution in [3.63, 3.8) is 0 Å². The van der Waals surface area contributed by atoms with Crippen LogP contribution in [-0.2, 0) is 4.74 Å². The normalized spacial score (nSPS) is 34.4. The quantitative estimate of drug-likeness (QED) is 0.768. The summed E-state index contributed by atoms with van der Waals surface area (Å²) < 4.78 is 6.42. The van der Waals surface area contributed by atoms with Crippen LogP contribution in [0.4, 0.5) is 0 Å². The topological polar surface area (TPSA) is 29.5 Å². The van der Waals surface area contributed by atoms with E-state index < -0.39 is 6.10 Å². The highest BCUT2D eigenvalue weighted by Crippen LogP contribution is 2.55. The Kier molecular flexibility index (Phi) is 4.74. The minimum atomic E-state index is -0.420. The molecule has 0 aromatic heterocycles. The molecule has 0 bridgehead atoms. The molecule has 0 spiro atoms. The Labute approximate surface area is 126 Å². The van der Waals surface area contributed by atoms with Gasteiger partial charge in [-0.3, -0.25) is 0 Å². The number of ether oxygens (including phenoxy) is 1. The van der Waals surface area contributed by atoms with Crippen LogP contribution in [0.5, 0.6) is 0 Å². The van der Waals surface area contributed by atoms with E-state index in [1.54, 1.807) is 0 Å². The Morgan fingerprint density at radius 3 is 1.40 bits per heavy atom. The van der Waals surface area contributed by atoms with E-state index in [2.05, 4.69) is 62.3 Å². The second kappa shape index (κ2) is 5.28. The van der Waals surface area contributed by atoms with Crippen molar-refractivity contribution in [2.45, 2.75) is 87.5 Å². The molecule has 0 radical (unpaired) electrons. The molecule has 1 fully saturated rings. The minimum absolute atomic E-state index is 0.0663. The van der Waals surface area contributed by atoms with E-state index in [4.69, 9.17) is 4.74 Å². The van der Waals surface area contributed by atoms with E-state index >= 15 is 0 Å². The van der Waals surface area contributed by atoms with Crippen molar-refractivity contribution >= 4 is 0 Å². The van der Waals surface area contributed by atoms with Gasteiger partial charge in [-0.2, -0.15) is 0 Å². The molecule has 1 aliphatic heterocycles. The van der Waals surface area contributed by atoms with Gasteiger partial charge in [-0.15, -0.1) is 0 Å².